The highest BCUT2D eigenvalue weighted by atomic mass is 16.5. The Labute approximate surface area is 483 Å². The van der Waals surface area contributed by atoms with E-state index in [-0.39, 0.29) is 23.7 Å². The summed E-state index contributed by atoms with van der Waals surface area (Å²) in [5.74, 6) is 3.70. The van der Waals surface area contributed by atoms with Crippen LogP contribution in [0.25, 0.3) is 122 Å². The maximum atomic E-state index is 7.37. The van der Waals surface area contributed by atoms with Crippen molar-refractivity contribution in [3.05, 3.63) is 222 Å². The molecule has 0 amide bonds. The molecule has 14 rings (SSSR count). The second-order valence-corrected chi connectivity index (χ2v) is 23.6. The number of para-hydroxylation sites is 4. The van der Waals surface area contributed by atoms with Gasteiger partial charge in [-0.2, -0.15) is 0 Å². The van der Waals surface area contributed by atoms with Gasteiger partial charge in [0.05, 0.1) is 50.1 Å². The van der Waals surface area contributed by atoms with Crippen LogP contribution in [0.2, 0.25) is 0 Å². The fourth-order valence-electron chi connectivity index (χ4n) is 12.6. The van der Waals surface area contributed by atoms with Crippen molar-refractivity contribution in [3.8, 4) is 67.9 Å². The van der Waals surface area contributed by atoms with E-state index in [2.05, 4.69) is 247 Å². The normalized spacial score (nSPS) is 12.2. The lowest BCUT2D eigenvalue weighted by molar-refractivity contribution is 0.483. The van der Waals surface area contributed by atoms with Gasteiger partial charge in [0.15, 0.2) is 5.58 Å². The Bertz CT molecular complexity index is 4800. The lowest BCUT2D eigenvalue weighted by Gasteiger charge is -2.24. The molecule has 14 aromatic rings. The van der Waals surface area contributed by atoms with E-state index in [0.29, 0.717) is 17.1 Å². The first-order valence-corrected chi connectivity index (χ1v) is 29.2. The lowest BCUT2D eigenvalue weighted by Crippen LogP contribution is -2.09. The van der Waals surface area contributed by atoms with Crippen LogP contribution in [0.1, 0.15) is 113 Å². The molecule has 0 spiro atoms. The van der Waals surface area contributed by atoms with Gasteiger partial charge in [-0.05, 0) is 173 Å². The van der Waals surface area contributed by atoms with Crippen LogP contribution in [0.15, 0.2) is 197 Å². The standard InChI is InChI=1S/C75H65N5O3/c1-42(2)56-36-51(48-22-13-11-14-23-48)37-57(43(3)4)69(56)79-65-30-19-17-28-63(65)77-74(79)50-26-21-27-53(35-50)81-54-40-60-55-32-33-67-68(61-34-46(9)76-47(10)71(61)82-67)73(55)83-72(60)62(41-54)75-78-64-29-18-20-31-66(64)80(75)70-58(44(5)6)38-52(39-59(70)45(7)8)49-24-15-12-16-25-49/h11-45H,1-10H3. The van der Waals surface area contributed by atoms with E-state index in [9.17, 15) is 0 Å². The van der Waals surface area contributed by atoms with Gasteiger partial charge >= 0.3 is 0 Å². The van der Waals surface area contributed by atoms with Crippen molar-refractivity contribution in [1.82, 2.24) is 24.1 Å². The second kappa shape index (κ2) is 20.2. The average Bonchev–Trinajstić information content (AvgIpc) is 1.97. The molecule has 9 aromatic carbocycles. The van der Waals surface area contributed by atoms with Crippen LogP contribution in [0, 0.1) is 13.8 Å². The Morgan fingerprint density at radius 2 is 0.904 bits per heavy atom. The molecule has 0 aliphatic rings. The van der Waals surface area contributed by atoms with Gasteiger partial charge in [-0.1, -0.05) is 152 Å². The Hall–Kier alpha value is -9.53. The van der Waals surface area contributed by atoms with E-state index < -0.39 is 0 Å². The van der Waals surface area contributed by atoms with Crippen molar-refractivity contribution in [2.45, 2.75) is 92.9 Å². The van der Waals surface area contributed by atoms with E-state index in [0.717, 1.165) is 100 Å². The molecule has 0 atom stereocenters. The first-order chi connectivity index (χ1) is 40.3. The highest BCUT2D eigenvalue weighted by Gasteiger charge is 2.29. The number of pyridine rings is 1. The molecule has 0 radical (unpaired) electrons. The van der Waals surface area contributed by atoms with Crippen LogP contribution in [0.4, 0.5) is 0 Å². The molecule has 408 valence electrons. The molecule has 0 N–H and O–H groups in total. The lowest BCUT2D eigenvalue weighted by atomic mass is 9.88. The minimum atomic E-state index is 0.174. The average molecular weight is 1080 g/mol. The monoisotopic (exact) mass is 1080 g/mol. The molecule has 5 aromatic heterocycles. The minimum Gasteiger partial charge on any atom is -0.457 e. The second-order valence-electron chi connectivity index (χ2n) is 23.6. The first kappa shape index (κ1) is 51.6. The van der Waals surface area contributed by atoms with Crippen molar-refractivity contribution < 1.29 is 13.6 Å². The number of rotatable bonds is 12. The quantitative estimate of drug-likeness (QED) is 0.121. The van der Waals surface area contributed by atoms with Crippen LogP contribution >= 0.6 is 0 Å². The Morgan fingerprint density at radius 1 is 0.386 bits per heavy atom. The number of fused-ring (bicyclic) bond motifs is 9. The summed E-state index contributed by atoms with van der Waals surface area (Å²) in [6, 6.07) is 66.8. The van der Waals surface area contributed by atoms with E-state index in [1.54, 1.807) is 0 Å². The van der Waals surface area contributed by atoms with Crippen molar-refractivity contribution in [2.75, 3.05) is 0 Å². The molecule has 8 nitrogen and oxygen atoms in total. The molecule has 0 saturated carbocycles. The third-order valence-corrected chi connectivity index (χ3v) is 16.6. The molecule has 0 aliphatic carbocycles. The molecule has 0 fully saturated rings. The maximum Gasteiger partial charge on any atom is 0.156 e. The summed E-state index contributed by atoms with van der Waals surface area (Å²) >= 11 is 0. The summed E-state index contributed by atoms with van der Waals surface area (Å²) in [5, 5.41) is 3.73. The van der Waals surface area contributed by atoms with Gasteiger partial charge < -0.3 is 13.6 Å². The molecule has 0 saturated heterocycles. The van der Waals surface area contributed by atoms with Crippen molar-refractivity contribution in [2.24, 2.45) is 0 Å². The SMILES string of the molecule is Cc1cc2c(oc3ccc4c5cc(Oc6cccc(-c7nc8ccccc8n7-c7c(C(C)C)cc(-c8ccccc8)cc7C(C)C)c6)cc(-c6nc7ccccc7n6-c6c(C(C)C)cc(-c7ccccc7)cc6C(C)C)c5oc4c32)c(C)n1. The van der Waals surface area contributed by atoms with E-state index in [1.165, 1.54) is 50.2 Å². The van der Waals surface area contributed by atoms with Crippen LogP contribution in [-0.2, 0) is 0 Å². The number of hydrogen-bond acceptors (Lipinski definition) is 6. The number of hydrogen-bond donors (Lipinski definition) is 0. The van der Waals surface area contributed by atoms with Crippen LogP contribution < -0.4 is 4.74 Å². The van der Waals surface area contributed by atoms with Crippen LogP contribution in [0.5, 0.6) is 11.5 Å². The van der Waals surface area contributed by atoms with Gasteiger partial charge in [-0.3, -0.25) is 14.1 Å². The third kappa shape index (κ3) is 8.69. The summed E-state index contributed by atoms with van der Waals surface area (Å²) < 4.78 is 26.0. The zero-order valence-corrected chi connectivity index (χ0v) is 48.7. The Morgan fingerprint density at radius 3 is 1.47 bits per heavy atom. The summed E-state index contributed by atoms with van der Waals surface area (Å²) in [7, 11) is 0. The zero-order chi connectivity index (χ0) is 56.9. The molecule has 8 heteroatoms. The largest absolute Gasteiger partial charge is 0.457 e. The number of imidazole rings is 2. The Balaban J connectivity index is 1.000. The third-order valence-electron chi connectivity index (χ3n) is 16.6. The van der Waals surface area contributed by atoms with E-state index in [1.807, 2.05) is 19.9 Å². The van der Waals surface area contributed by atoms with Crippen LogP contribution in [0.3, 0.4) is 0 Å². The van der Waals surface area contributed by atoms with Gasteiger partial charge in [0.25, 0.3) is 0 Å². The maximum absolute atomic E-state index is 7.37. The van der Waals surface area contributed by atoms with Crippen molar-refractivity contribution in [1.29, 1.82) is 0 Å². The van der Waals surface area contributed by atoms with E-state index in [4.69, 9.17) is 28.5 Å². The summed E-state index contributed by atoms with van der Waals surface area (Å²) in [6.07, 6.45) is 0. The number of ether oxygens (including phenoxy) is 1. The summed E-state index contributed by atoms with van der Waals surface area (Å²) in [6.45, 7) is 22.4. The van der Waals surface area contributed by atoms with Gasteiger partial charge in [0.1, 0.15) is 39.9 Å². The topological polar surface area (TPSA) is 84.0 Å². The highest BCUT2D eigenvalue weighted by molar-refractivity contribution is 6.23. The summed E-state index contributed by atoms with van der Waals surface area (Å²) in [4.78, 5) is 15.9. The predicted molar refractivity (Wildman–Crippen MR) is 342 cm³/mol. The van der Waals surface area contributed by atoms with Gasteiger partial charge in [-0.15, -0.1) is 0 Å². The molecular formula is C75H65N5O3. The molecule has 0 unspecified atom stereocenters. The van der Waals surface area contributed by atoms with Gasteiger partial charge in [0, 0.05) is 27.4 Å². The molecule has 0 aliphatic heterocycles. The fraction of sp³-hybridized carbons (Fsp3) is 0.187. The minimum absolute atomic E-state index is 0.174. The molecule has 5 heterocycles. The molecule has 0 bridgehead atoms. The number of nitrogens with zero attached hydrogens (tertiary/aromatic N) is 5. The van der Waals surface area contributed by atoms with Crippen molar-refractivity contribution >= 4 is 65.9 Å². The number of aromatic nitrogens is 5. The Kier molecular flexibility index (Phi) is 12.5. The van der Waals surface area contributed by atoms with Crippen molar-refractivity contribution in [3.63, 3.8) is 0 Å². The number of furan rings is 2. The molecule has 83 heavy (non-hydrogen) atoms. The van der Waals surface area contributed by atoms with Gasteiger partial charge in [-0.25, -0.2) is 9.97 Å². The smallest absolute Gasteiger partial charge is 0.156 e. The molecular weight excluding hydrogens is 1020 g/mol. The number of aryl methyl sites for hydroxylation is 2. The predicted octanol–water partition coefficient (Wildman–Crippen LogP) is 21.1. The fourth-order valence-corrected chi connectivity index (χ4v) is 12.6. The summed E-state index contributed by atoms with van der Waals surface area (Å²) in [5.41, 5.74) is 22.4. The van der Waals surface area contributed by atoms with E-state index >= 15 is 0 Å². The van der Waals surface area contributed by atoms with Crippen LogP contribution in [-0.4, -0.2) is 24.1 Å². The first-order valence-electron chi connectivity index (χ1n) is 29.2. The highest BCUT2D eigenvalue weighted by Crippen LogP contribution is 2.48. The zero-order valence-electron chi connectivity index (χ0n) is 48.7. The number of benzene rings is 9. The van der Waals surface area contributed by atoms with Gasteiger partial charge in [0.2, 0.25) is 0 Å².